The second-order valence-corrected chi connectivity index (χ2v) is 8.58. The van der Waals surface area contributed by atoms with Gasteiger partial charge in [-0.2, -0.15) is 17.6 Å². The van der Waals surface area contributed by atoms with Gasteiger partial charge in [0.2, 0.25) is 5.91 Å². The number of ether oxygens (including phenoxy) is 1. The van der Waals surface area contributed by atoms with E-state index in [0.717, 1.165) is 35.4 Å². The van der Waals surface area contributed by atoms with Gasteiger partial charge in [0.25, 0.3) is 5.95 Å². The van der Waals surface area contributed by atoms with Crippen LogP contribution in [0, 0.1) is 23.7 Å². The Morgan fingerprint density at radius 1 is 1.34 bits per heavy atom. The van der Waals surface area contributed by atoms with Crippen molar-refractivity contribution in [1.82, 2.24) is 25.7 Å². The summed E-state index contributed by atoms with van der Waals surface area (Å²) >= 11 is 0. The lowest BCUT2D eigenvalue weighted by molar-refractivity contribution is -0.148. The Labute approximate surface area is 182 Å². The molecule has 0 spiro atoms. The van der Waals surface area contributed by atoms with Crippen LogP contribution in [0.4, 0.5) is 23.2 Å². The lowest BCUT2D eigenvalue weighted by atomic mass is 9.89. The number of hydrazine groups is 2. The SMILES string of the molecule is COCC(C1=CNNN1CC(F)(F)F)n1cc(NC(=O)[C@@H](N)C(C2CC2)C2CC2)c(F)n1. The van der Waals surface area contributed by atoms with Gasteiger partial charge in [-0.3, -0.25) is 14.5 Å². The van der Waals surface area contributed by atoms with Crippen molar-refractivity contribution >= 4 is 11.6 Å². The van der Waals surface area contributed by atoms with E-state index in [9.17, 15) is 22.4 Å². The number of carbonyl (C=O) groups excluding carboxylic acids is 1. The van der Waals surface area contributed by atoms with Crippen molar-refractivity contribution in [3.8, 4) is 0 Å². The van der Waals surface area contributed by atoms with Gasteiger partial charge in [0.15, 0.2) is 0 Å². The number of hydrogen-bond acceptors (Lipinski definition) is 7. The van der Waals surface area contributed by atoms with E-state index >= 15 is 0 Å². The average molecular weight is 461 g/mol. The van der Waals surface area contributed by atoms with Crippen LogP contribution in [0.5, 0.6) is 0 Å². The van der Waals surface area contributed by atoms with Crippen molar-refractivity contribution in [3.63, 3.8) is 0 Å². The van der Waals surface area contributed by atoms with Crippen LogP contribution in [-0.4, -0.2) is 53.2 Å². The molecule has 5 N–H and O–H groups in total. The second-order valence-electron chi connectivity index (χ2n) is 8.58. The Balaban J connectivity index is 1.48. The number of anilines is 1. The number of aromatic nitrogens is 2. The third kappa shape index (κ3) is 5.15. The monoisotopic (exact) mass is 461 g/mol. The predicted octanol–water partition coefficient (Wildman–Crippen LogP) is 1.64. The summed E-state index contributed by atoms with van der Waals surface area (Å²) in [5.41, 5.74) is 11.1. The maximum absolute atomic E-state index is 14.6. The van der Waals surface area contributed by atoms with E-state index in [4.69, 9.17) is 10.5 Å². The summed E-state index contributed by atoms with van der Waals surface area (Å²) in [5.74, 6) is -0.474. The Bertz CT molecular complexity index is 854. The summed E-state index contributed by atoms with van der Waals surface area (Å²) in [7, 11) is 1.37. The molecule has 2 aliphatic carbocycles. The summed E-state index contributed by atoms with van der Waals surface area (Å²) in [6.45, 7) is -1.36. The molecular formula is C19H27F4N7O2. The molecule has 2 fully saturated rings. The molecule has 0 saturated heterocycles. The topological polar surface area (TPSA) is 109 Å². The Kier molecular flexibility index (Phi) is 6.32. The molecule has 0 radical (unpaired) electrons. The first-order chi connectivity index (χ1) is 15.2. The highest BCUT2D eigenvalue weighted by molar-refractivity contribution is 5.94. The molecule has 0 bridgehead atoms. The van der Waals surface area contributed by atoms with Gasteiger partial charge >= 0.3 is 6.18 Å². The normalized spacial score (nSPS) is 20.8. The van der Waals surface area contributed by atoms with Crippen molar-refractivity contribution in [1.29, 1.82) is 0 Å². The van der Waals surface area contributed by atoms with Crippen LogP contribution < -0.4 is 22.0 Å². The molecule has 1 amide bonds. The largest absolute Gasteiger partial charge is 0.407 e. The second kappa shape index (κ2) is 8.87. The third-order valence-electron chi connectivity index (χ3n) is 6.05. The fourth-order valence-corrected chi connectivity index (χ4v) is 4.31. The van der Waals surface area contributed by atoms with E-state index in [0.29, 0.717) is 11.8 Å². The van der Waals surface area contributed by atoms with E-state index in [1.807, 2.05) is 0 Å². The predicted molar refractivity (Wildman–Crippen MR) is 106 cm³/mol. The van der Waals surface area contributed by atoms with Crippen LogP contribution in [0.2, 0.25) is 0 Å². The average Bonchev–Trinajstić information content (AvgIpc) is 3.64. The lowest BCUT2D eigenvalue weighted by Gasteiger charge is -2.27. The highest BCUT2D eigenvalue weighted by Gasteiger charge is 2.46. The molecule has 1 aromatic rings. The van der Waals surface area contributed by atoms with Crippen molar-refractivity contribution in [3.05, 3.63) is 24.0 Å². The van der Waals surface area contributed by atoms with Gasteiger partial charge in [0.05, 0.1) is 24.5 Å². The molecule has 32 heavy (non-hydrogen) atoms. The van der Waals surface area contributed by atoms with Gasteiger partial charge in [-0.15, -0.1) is 10.6 Å². The smallest absolute Gasteiger partial charge is 0.382 e. The van der Waals surface area contributed by atoms with Gasteiger partial charge in [-0.05, 0) is 43.4 Å². The van der Waals surface area contributed by atoms with Gasteiger partial charge in [0.1, 0.15) is 18.3 Å². The molecular weight excluding hydrogens is 434 g/mol. The van der Waals surface area contributed by atoms with Gasteiger partial charge < -0.3 is 21.2 Å². The van der Waals surface area contributed by atoms with Crippen LogP contribution in [0.3, 0.4) is 0 Å². The number of carbonyl (C=O) groups is 1. The zero-order chi connectivity index (χ0) is 23.0. The number of nitrogens with two attached hydrogens (primary N) is 1. The first kappa shape index (κ1) is 22.8. The molecule has 2 saturated carbocycles. The number of halogens is 4. The number of hydrogen-bond donors (Lipinski definition) is 4. The summed E-state index contributed by atoms with van der Waals surface area (Å²) < 4.78 is 59.5. The lowest BCUT2D eigenvalue weighted by Crippen LogP contribution is -2.44. The van der Waals surface area contributed by atoms with Crippen LogP contribution in [0.25, 0.3) is 0 Å². The first-order valence-electron chi connectivity index (χ1n) is 10.5. The van der Waals surface area contributed by atoms with Crippen molar-refractivity contribution in [2.45, 2.75) is 43.9 Å². The molecule has 4 rings (SSSR count). The van der Waals surface area contributed by atoms with Crippen LogP contribution in [0.15, 0.2) is 18.1 Å². The molecule has 3 aliphatic rings. The molecule has 2 atom stereocenters. The number of alkyl halides is 3. The highest BCUT2D eigenvalue weighted by atomic mass is 19.4. The summed E-state index contributed by atoms with van der Waals surface area (Å²) in [6.07, 6.45) is 2.30. The maximum atomic E-state index is 14.6. The van der Waals surface area contributed by atoms with Gasteiger partial charge in [-0.1, -0.05) is 0 Å². The zero-order valence-electron chi connectivity index (χ0n) is 17.5. The van der Waals surface area contributed by atoms with E-state index in [1.54, 1.807) is 0 Å². The van der Waals surface area contributed by atoms with Crippen molar-refractivity contribution in [2.24, 2.45) is 23.5 Å². The molecule has 1 unspecified atom stereocenters. The van der Waals surface area contributed by atoms with Crippen molar-refractivity contribution in [2.75, 3.05) is 25.6 Å². The minimum absolute atomic E-state index is 0.0804. The summed E-state index contributed by atoms with van der Waals surface area (Å²) in [6, 6.07) is -1.63. The number of rotatable bonds is 10. The van der Waals surface area contributed by atoms with E-state index in [1.165, 1.54) is 19.5 Å². The van der Waals surface area contributed by atoms with Crippen LogP contribution >= 0.6 is 0 Å². The molecule has 13 heteroatoms. The Hall–Kier alpha value is -2.38. The first-order valence-corrected chi connectivity index (χ1v) is 10.5. The Morgan fingerprint density at radius 3 is 2.56 bits per heavy atom. The molecule has 9 nitrogen and oxygen atoms in total. The maximum Gasteiger partial charge on any atom is 0.407 e. The number of nitrogens with zero attached hydrogens (tertiary/aromatic N) is 3. The Morgan fingerprint density at radius 2 is 2.00 bits per heavy atom. The van der Waals surface area contributed by atoms with E-state index in [-0.39, 0.29) is 23.9 Å². The fraction of sp³-hybridized carbons (Fsp3) is 0.684. The number of amides is 1. The molecule has 178 valence electrons. The molecule has 0 aromatic carbocycles. The zero-order valence-corrected chi connectivity index (χ0v) is 17.5. The van der Waals surface area contributed by atoms with Crippen LogP contribution in [0.1, 0.15) is 31.7 Å². The highest BCUT2D eigenvalue weighted by Crippen LogP contribution is 2.50. The van der Waals surface area contributed by atoms with Crippen LogP contribution in [-0.2, 0) is 9.53 Å². The summed E-state index contributed by atoms with van der Waals surface area (Å²) in [4.78, 5) is 12.7. The minimum atomic E-state index is -4.47. The van der Waals surface area contributed by atoms with E-state index < -0.39 is 36.7 Å². The summed E-state index contributed by atoms with van der Waals surface area (Å²) in [5, 5.41) is 7.11. The number of nitrogens with one attached hydrogen (secondary N) is 3. The molecule has 2 heterocycles. The molecule has 1 aromatic heterocycles. The third-order valence-corrected chi connectivity index (χ3v) is 6.05. The van der Waals surface area contributed by atoms with Gasteiger partial charge in [0, 0.05) is 13.3 Å². The quantitative estimate of drug-likeness (QED) is 0.392. The standard InChI is InChI=1S/C19H27F4N7O2/c1-32-8-14(13-6-25-28-30(13)9-19(21,22)23)29-7-12(17(20)27-29)26-18(31)16(24)15(10-2-3-10)11-4-5-11/h6-7,10-11,14-16,25,28H,2-5,8-9,24H2,1H3,(H,26,31)/t14?,16-/m0/s1. The minimum Gasteiger partial charge on any atom is -0.382 e. The van der Waals surface area contributed by atoms with E-state index in [2.05, 4.69) is 21.4 Å². The van der Waals surface area contributed by atoms with Crippen molar-refractivity contribution < 1.29 is 27.1 Å². The molecule has 1 aliphatic heterocycles. The number of methoxy groups -OCH3 is 1. The van der Waals surface area contributed by atoms with Gasteiger partial charge in [-0.25, -0.2) is 0 Å². The fourth-order valence-electron chi connectivity index (χ4n) is 4.31.